The molecule has 0 aliphatic rings. The van der Waals surface area contributed by atoms with Crippen LogP contribution in [-0.4, -0.2) is 35.2 Å². The molecule has 0 atom stereocenters. The summed E-state index contributed by atoms with van der Waals surface area (Å²) in [7, 11) is -3.98. The average Bonchev–Trinajstić information content (AvgIpc) is 2.07. The Morgan fingerprint density at radius 1 is 1.60 bits per heavy atom. The van der Waals surface area contributed by atoms with Gasteiger partial charge >= 0.3 is 5.97 Å². The molecule has 82 valence electrons. The fraction of sp³-hybridized carbons (Fsp3) is 0.286. The number of aromatic nitrogens is 2. The highest BCUT2D eigenvalue weighted by Gasteiger charge is 2.22. The summed E-state index contributed by atoms with van der Waals surface area (Å²) >= 11 is 5.60. The lowest BCUT2D eigenvalue weighted by Crippen LogP contribution is -2.18. The Morgan fingerprint density at radius 3 is 2.67 bits per heavy atom. The minimum atomic E-state index is -3.98. The van der Waals surface area contributed by atoms with Crippen LogP contribution in [0.25, 0.3) is 0 Å². The Bertz CT molecular complexity index is 500. The first-order valence-corrected chi connectivity index (χ1v) is 5.79. The van der Waals surface area contributed by atoms with Gasteiger partial charge < -0.3 is 5.11 Å². The molecule has 0 saturated carbocycles. The highest BCUT2D eigenvalue weighted by atomic mass is 35.5. The molecular formula is C7H7ClN2O4S. The van der Waals surface area contributed by atoms with E-state index in [0.717, 1.165) is 6.20 Å². The van der Waals surface area contributed by atoms with Gasteiger partial charge in [-0.1, -0.05) is 11.6 Å². The van der Waals surface area contributed by atoms with Gasteiger partial charge in [0, 0.05) is 0 Å². The number of rotatable bonds is 3. The molecule has 1 aromatic heterocycles. The Kier molecular flexibility index (Phi) is 3.25. The molecule has 0 unspecified atom stereocenters. The molecule has 0 bridgehead atoms. The summed E-state index contributed by atoms with van der Waals surface area (Å²) in [5, 5.41) is 8.08. The fourth-order valence-corrected chi connectivity index (χ4v) is 1.84. The van der Waals surface area contributed by atoms with Gasteiger partial charge in [0.25, 0.3) is 0 Å². The molecule has 0 fully saturated rings. The van der Waals surface area contributed by atoms with Gasteiger partial charge in [-0.05, 0) is 6.92 Å². The number of aryl methyl sites for hydroxylation is 1. The second kappa shape index (κ2) is 4.11. The first-order chi connectivity index (χ1) is 6.83. The molecule has 0 radical (unpaired) electrons. The van der Waals surface area contributed by atoms with Crippen LogP contribution in [-0.2, 0) is 14.6 Å². The van der Waals surface area contributed by atoms with Crippen LogP contribution in [0.3, 0.4) is 0 Å². The predicted octanol–water partition coefficient (Wildman–Crippen LogP) is 0.297. The van der Waals surface area contributed by atoms with Crippen LogP contribution < -0.4 is 0 Å². The molecular weight excluding hydrogens is 244 g/mol. The first kappa shape index (κ1) is 11.9. The van der Waals surface area contributed by atoms with E-state index in [1.54, 1.807) is 0 Å². The van der Waals surface area contributed by atoms with Gasteiger partial charge in [0.2, 0.25) is 15.0 Å². The molecule has 15 heavy (non-hydrogen) atoms. The normalized spacial score (nSPS) is 11.3. The summed E-state index contributed by atoms with van der Waals surface area (Å²) in [6.07, 6.45) is 1.12. The zero-order valence-corrected chi connectivity index (χ0v) is 9.21. The number of carbonyl (C=O) groups is 1. The summed E-state index contributed by atoms with van der Waals surface area (Å²) in [6, 6.07) is 0. The highest BCUT2D eigenvalue weighted by Crippen LogP contribution is 2.13. The van der Waals surface area contributed by atoms with Crippen molar-refractivity contribution in [1.29, 1.82) is 0 Å². The van der Waals surface area contributed by atoms with Gasteiger partial charge in [-0.3, -0.25) is 4.79 Å². The SMILES string of the molecule is Cc1nc(S(=O)(=O)CC(=O)O)ncc1Cl. The number of carboxylic acid groups (broad SMARTS) is 1. The molecule has 8 heteroatoms. The van der Waals surface area contributed by atoms with Crippen molar-refractivity contribution in [3.8, 4) is 0 Å². The van der Waals surface area contributed by atoms with E-state index < -0.39 is 26.7 Å². The Balaban J connectivity index is 3.17. The topological polar surface area (TPSA) is 97.2 Å². The largest absolute Gasteiger partial charge is 0.480 e. The van der Waals surface area contributed by atoms with Gasteiger partial charge in [0.05, 0.1) is 16.9 Å². The van der Waals surface area contributed by atoms with Crippen LogP contribution in [0.4, 0.5) is 0 Å². The number of halogens is 1. The summed E-state index contributed by atoms with van der Waals surface area (Å²) < 4.78 is 22.7. The summed E-state index contributed by atoms with van der Waals surface area (Å²) in [5.74, 6) is -2.49. The Hall–Kier alpha value is -1.21. The third-order valence-electron chi connectivity index (χ3n) is 1.49. The molecule has 0 aromatic carbocycles. The van der Waals surface area contributed by atoms with E-state index in [9.17, 15) is 13.2 Å². The Morgan fingerprint density at radius 2 is 2.20 bits per heavy atom. The minimum Gasteiger partial charge on any atom is -0.480 e. The van der Waals surface area contributed by atoms with Crippen LogP contribution in [0, 0.1) is 6.92 Å². The van der Waals surface area contributed by atoms with Gasteiger partial charge in [-0.2, -0.15) is 0 Å². The fourth-order valence-electron chi connectivity index (χ4n) is 0.808. The van der Waals surface area contributed by atoms with Crippen molar-refractivity contribution < 1.29 is 18.3 Å². The molecule has 0 amide bonds. The van der Waals surface area contributed by atoms with Gasteiger partial charge in [0.15, 0.2) is 5.75 Å². The maximum absolute atomic E-state index is 11.4. The van der Waals surface area contributed by atoms with E-state index in [2.05, 4.69) is 9.97 Å². The van der Waals surface area contributed by atoms with Crippen molar-refractivity contribution in [2.45, 2.75) is 12.1 Å². The van der Waals surface area contributed by atoms with Crippen molar-refractivity contribution in [2.75, 3.05) is 5.75 Å². The van der Waals surface area contributed by atoms with E-state index >= 15 is 0 Å². The molecule has 1 N–H and O–H groups in total. The monoisotopic (exact) mass is 250 g/mol. The lowest BCUT2D eigenvalue weighted by atomic mass is 10.5. The number of carboxylic acids is 1. The smallest absolute Gasteiger partial charge is 0.319 e. The molecule has 1 rings (SSSR count). The van der Waals surface area contributed by atoms with Crippen LogP contribution >= 0.6 is 11.6 Å². The lowest BCUT2D eigenvalue weighted by molar-refractivity contribution is -0.134. The van der Waals surface area contributed by atoms with Gasteiger partial charge in [-0.15, -0.1) is 0 Å². The van der Waals surface area contributed by atoms with Gasteiger partial charge in [0.1, 0.15) is 0 Å². The standard InChI is InChI=1S/C7H7ClN2O4S/c1-4-5(8)2-9-7(10-4)15(13,14)3-6(11)12/h2H,3H2,1H3,(H,11,12). The van der Waals surface area contributed by atoms with Crippen LogP contribution in [0.2, 0.25) is 5.02 Å². The maximum Gasteiger partial charge on any atom is 0.319 e. The molecule has 0 aliphatic heterocycles. The number of sulfone groups is 1. The van der Waals surface area contributed by atoms with Crippen LogP contribution in [0.1, 0.15) is 5.69 Å². The molecule has 0 aliphatic carbocycles. The number of aliphatic carboxylic acids is 1. The number of hydrogen-bond donors (Lipinski definition) is 1. The van der Waals surface area contributed by atoms with E-state index in [1.165, 1.54) is 6.92 Å². The van der Waals surface area contributed by atoms with E-state index in [-0.39, 0.29) is 10.7 Å². The molecule has 1 heterocycles. The Labute approximate surface area is 90.8 Å². The minimum absolute atomic E-state index is 0.226. The molecule has 0 spiro atoms. The molecule has 6 nitrogen and oxygen atoms in total. The van der Waals surface area contributed by atoms with Crippen molar-refractivity contribution in [1.82, 2.24) is 9.97 Å². The molecule has 0 saturated heterocycles. The predicted molar refractivity (Wildman–Crippen MR) is 51.5 cm³/mol. The summed E-state index contributed by atoms with van der Waals surface area (Å²) in [4.78, 5) is 17.4. The van der Waals surface area contributed by atoms with Crippen molar-refractivity contribution >= 4 is 27.4 Å². The lowest BCUT2D eigenvalue weighted by Gasteiger charge is -2.01. The average molecular weight is 251 g/mol. The van der Waals surface area contributed by atoms with E-state index in [0.29, 0.717) is 0 Å². The summed E-state index contributed by atoms with van der Waals surface area (Å²) in [6.45, 7) is 1.50. The van der Waals surface area contributed by atoms with Crippen molar-refractivity contribution in [3.05, 3.63) is 16.9 Å². The number of nitrogens with zero attached hydrogens (tertiary/aromatic N) is 2. The quantitative estimate of drug-likeness (QED) is 0.775. The first-order valence-electron chi connectivity index (χ1n) is 3.76. The third-order valence-corrected chi connectivity index (χ3v) is 3.24. The van der Waals surface area contributed by atoms with E-state index in [4.69, 9.17) is 16.7 Å². The van der Waals surface area contributed by atoms with Crippen LogP contribution in [0.5, 0.6) is 0 Å². The third kappa shape index (κ3) is 2.87. The second-order valence-electron chi connectivity index (χ2n) is 2.74. The van der Waals surface area contributed by atoms with E-state index in [1.807, 2.05) is 0 Å². The highest BCUT2D eigenvalue weighted by molar-refractivity contribution is 7.91. The zero-order chi connectivity index (χ0) is 11.6. The molecule has 1 aromatic rings. The van der Waals surface area contributed by atoms with Gasteiger partial charge in [-0.25, -0.2) is 18.4 Å². The second-order valence-corrected chi connectivity index (χ2v) is 5.03. The van der Waals surface area contributed by atoms with Crippen molar-refractivity contribution in [3.63, 3.8) is 0 Å². The number of hydrogen-bond acceptors (Lipinski definition) is 5. The maximum atomic E-state index is 11.4. The summed E-state index contributed by atoms with van der Waals surface area (Å²) in [5.41, 5.74) is 0.288. The van der Waals surface area contributed by atoms with Crippen molar-refractivity contribution in [2.24, 2.45) is 0 Å². The zero-order valence-electron chi connectivity index (χ0n) is 7.64. The van der Waals surface area contributed by atoms with Crippen LogP contribution in [0.15, 0.2) is 11.4 Å².